The van der Waals surface area contributed by atoms with Crippen molar-refractivity contribution in [3.05, 3.63) is 17.7 Å². The minimum Gasteiger partial charge on any atom is -0.481 e. The third kappa shape index (κ3) is 2.52. The Bertz CT molecular complexity index is 483. The van der Waals surface area contributed by atoms with E-state index in [2.05, 4.69) is 23.1 Å². The molecule has 5 nitrogen and oxygen atoms in total. The van der Waals surface area contributed by atoms with Crippen LogP contribution >= 0.6 is 0 Å². The van der Waals surface area contributed by atoms with Gasteiger partial charge < -0.3 is 14.6 Å². The number of aromatic nitrogens is 2. The van der Waals surface area contributed by atoms with Gasteiger partial charge in [0.25, 0.3) is 0 Å². The molecule has 1 aromatic heterocycles. The van der Waals surface area contributed by atoms with Crippen LogP contribution in [0.2, 0.25) is 0 Å². The van der Waals surface area contributed by atoms with Crippen LogP contribution in [0.5, 0.6) is 0 Å². The summed E-state index contributed by atoms with van der Waals surface area (Å²) in [5, 5.41) is 9.09. The maximum absolute atomic E-state index is 11.1. The molecule has 0 amide bonds. The molecule has 0 radical (unpaired) electrons. The molecule has 5 heteroatoms. The lowest BCUT2D eigenvalue weighted by atomic mass is 10.00. The van der Waals surface area contributed by atoms with Crippen LogP contribution in [0.25, 0.3) is 0 Å². The topological polar surface area (TPSA) is 58.4 Å². The number of hydrogen-bond donors (Lipinski definition) is 1. The minimum atomic E-state index is -0.684. The van der Waals surface area contributed by atoms with E-state index < -0.39 is 5.97 Å². The Balaban J connectivity index is 1.71. The summed E-state index contributed by atoms with van der Waals surface area (Å²) in [7, 11) is 2.17. The van der Waals surface area contributed by atoms with Crippen molar-refractivity contribution in [3.8, 4) is 0 Å². The number of aryl methyl sites for hydroxylation is 1. The van der Waals surface area contributed by atoms with Gasteiger partial charge in [0.1, 0.15) is 5.82 Å². The van der Waals surface area contributed by atoms with Crippen LogP contribution in [0.3, 0.4) is 0 Å². The number of hydrogen-bond acceptors (Lipinski definition) is 3. The highest BCUT2D eigenvalue weighted by Crippen LogP contribution is 2.23. The predicted octanol–water partition coefficient (Wildman–Crippen LogP) is 1.17. The van der Waals surface area contributed by atoms with Gasteiger partial charge in [-0.05, 0) is 32.9 Å². The highest BCUT2D eigenvalue weighted by atomic mass is 16.4. The van der Waals surface area contributed by atoms with E-state index in [4.69, 9.17) is 5.11 Å². The SMILES string of the molecule is CN1CCCC1Cc1cn2c(n1)CCC(C(=O)O)C2. The molecule has 104 valence electrons. The van der Waals surface area contributed by atoms with E-state index in [1.807, 2.05) is 4.57 Å². The van der Waals surface area contributed by atoms with Gasteiger partial charge in [-0.2, -0.15) is 0 Å². The first-order chi connectivity index (χ1) is 9.13. The molecule has 3 heterocycles. The number of nitrogens with zero attached hydrogens (tertiary/aromatic N) is 3. The summed E-state index contributed by atoms with van der Waals surface area (Å²) in [6.45, 7) is 1.76. The highest BCUT2D eigenvalue weighted by Gasteiger charge is 2.27. The van der Waals surface area contributed by atoms with Crippen molar-refractivity contribution in [2.24, 2.45) is 5.92 Å². The van der Waals surface area contributed by atoms with Gasteiger partial charge in [0.2, 0.25) is 0 Å². The third-order valence-electron chi connectivity index (χ3n) is 4.51. The molecule has 1 N–H and O–H groups in total. The zero-order valence-electron chi connectivity index (χ0n) is 11.4. The number of likely N-dealkylation sites (N-methyl/N-ethyl adjacent to an activating group) is 1. The first-order valence-corrected chi connectivity index (χ1v) is 7.11. The molecular weight excluding hydrogens is 242 g/mol. The highest BCUT2D eigenvalue weighted by molar-refractivity contribution is 5.70. The fourth-order valence-electron chi connectivity index (χ4n) is 3.28. The normalized spacial score (nSPS) is 27.4. The van der Waals surface area contributed by atoms with Crippen LogP contribution in [0.4, 0.5) is 0 Å². The maximum Gasteiger partial charge on any atom is 0.308 e. The van der Waals surface area contributed by atoms with Gasteiger partial charge in [0.05, 0.1) is 11.6 Å². The maximum atomic E-state index is 11.1. The molecule has 0 spiro atoms. The summed E-state index contributed by atoms with van der Waals surface area (Å²) >= 11 is 0. The second-order valence-electron chi connectivity index (χ2n) is 5.86. The molecule has 3 rings (SSSR count). The molecule has 0 bridgehead atoms. The number of likely N-dealkylation sites (tertiary alicyclic amines) is 1. The van der Waals surface area contributed by atoms with Crippen LogP contribution < -0.4 is 0 Å². The van der Waals surface area contributed by atoms with Crippen LogP contribution in [-0.2, 0) is 24.2 Å². The number of carboxylic acids is 1. The van der Waals surface area contributed by atoms with E-state index in [-0.39, 0.29) is 5.92 Å². The molecule has 1 aromatic rings. The summed E-state index contributed by atoms with van der Waals surface area (Å²) in [6, 6.07) is 0.604. The number of aliphatic carboxylic acids is 1. The number of imidazole rings is 1. The summed E-state index contributed by atoms with van der Waals surface area (Å²) in [5.41, 5.74) is 1.12. The number of rotatable bonds is 3. The van der Waals surface area contributed by atoms with Crippen LogP contribution in [0.15, 0.2) is 6.20 Å². The molecule has 2 unspecified atom stereocenters. The zero-order chi connectivity index (χ0) is 13.4. The van der Waals surface area contributed by atoms with E-state index in [0.717, 1.165) is 30.8 Å². The second kappa shape index (κ2) is 4.96. The predicted molar refractivity (Wildman–Crippen MR) is 71.0 cm³/mol. The summed E-state index contributed by atoms with van der Waals surface area (Å²) in [6.07, 6.45) is 7.09. The lowest BCUT2D eigenvalue weighted by molar-refractivity contribution is -0.142. The number of carboxylic acid groups (broad SMARTS) is 1. The first-order valence-electron chi connectivity index (χ1n) is 7.11. The number of fused-ring (bicyclic) bond motifs is 1. The fourth-order valence-corrected chi connectivity index (χ4v) is 3.28. The van der Waals surface area contributed by atoms with Gasteiger partial charge in [-0.25, -0.2) is 4.98 Å². The Morgan fingerprint density at radius 2 is 2.37 bits per heavy atom. The monoisotopic (exact) mass is 263 g/mol. The Morgan fingerprint density at radius 3 is 3.05 bits per heavy atom. The average molecular weight is 263 g/mol. The van der Waals surface area contributed by atoms with Gasteiger partial charge >= 0.3 is 5.97 Å². The molecule has 2 atom stereocenters. The van der Waals surface area contributed by atoms with E-state index in [0.29, 0.717) is 12.6 Å². The summed E-state index contributed by atoms with van der Waals surface area (Å²) < 4.78 is 2.05. The fraction of sp³-hybridized carbons (Fsp3) is 0.714. The molecule has 2 aliphatic heterocycles. The standard InChI is InChI=1S/C14H21N3O2/c1-16-6-2-3-12(16)7-11-9-17-8-10(14(18)19)4-5-13(17)15-11/h9-10,12H,2-8H2,1H3,(H,18,19). The molecule has 19 heavy (non-hydrogen) atoms. The van der Waals surface area contributed by atoms with Crippen molar-refractivity contribution < 1.29 is 9.90 Å². The van der Waals surface area contributed by atoms with Crippen LogP contribution in [0, 0.1) is 5.92 Å². The van der Waals surface area contributed by atoms with Crippen molar-refractivity contribution >= 4 is 5.97 Å². The van der Waals surface area contributed by atoms with E-state index in [9.17, 15) is 4.79 Å². The lowest BCUT2D eigenvalue weighted by Gasteiger charge is -2.19. The van der Waals surface area contributed by atoms with Crippen molar-refractivity contribution in [1.29, 1.82) is 0 Å². The second-order valence-corrected chi connectivity index (χ2v) is 5.86. The lowest BCUT2D eigenvalue weighted by Crippen LogP contribution is -2.26. The van der Waals surface area contributed by atoms with E-state index in [1.165, 1.54) is 19.4 Å². The quantitative estimate of drug-likeness (QED) is 0.889. The molecule has 0 aliphatic carbocycles. The van der Waals surface area contributed by atoms with Gasteiger partial charge in [0.15, 0.2) is 0 Å². The van der Waals surface area contributed by atoms with Gasteiger partial charge in [-0.15, -0.1) is 0 Å². The van der Waals surface area contributed by atoms with E-state index >= 15 is 0 Å². The number of carbonyl (C=O) groups is 1. The van der Waals surface area contributed by atoms with Crippen molar-refractivity contribution in [2.75, 3.05) is 13.6 Å². The van der Waals surface area contributed by atoms with E-state index in [1.54, 1.807) is 0 Å². The molecule has 0 aromatic carbocycles. The zero-order valence-corrected chi connectivity index (χ0v) is 11.4. The van der Waals surface area contributed by atoms with Crippen molar-refractivity contribution in [2.45, 2.75) is 44.7 Å². The van der Waals surface area contributed by atoms with Crippen molar-refractivity contribution in [3.63, 3.8) is 0 Å². The first kappa shape index (κ1) is 12.7. The summed E-state index contributed by atoms with van der Waals surface area (Å²) in [4.78, 5) is 18.1. The van der Waals surface area contributed by atoms with Gasteiger partial charge in [-0.3, -0.25) is 4.79 Å². The van der Waals surface area contributed by atoms with Crippen LogP contribution in [-0.4, -0.2) is 45.2 Å². The Morgan fingerprint density at radius 1 is 1.53 bits per heavy atom. The smallest absolute Gasteiger partial charge is 0.308 e. The van der Waals surface area contributed by atoms with Gasteiger partial charge in [-0.1, -0.05) is 0 Å². The molecule has 2 aliphatic rings. The minimum absolute atomic E-state index is 0.247. The molecule has 1 saturated heterocycles. The molecular formula is C14H21N3O2. The van der Waals surface area contributed by atoms with Gasteiger partial charge in [0, 0.05) is 31.6 Å². The largest absolute Gasteiger partial charge is 0.481 e. The molecule has 0 saturated carbocycles. The van der Waals surface area contributed by atoms with Crippen molar-refractivity contribution in [1.82, 2.24) is 14.5 Å². The van der Waals surface area contributed by atoms with Crippen LogP contribution in [0.1, 0.15) is 30.8 Å². The molecule has 1 fully saturated rings. The Labute approximate surface area is 113 Å². The third-order valence-corrected chi connectivity index (χ3v) is 4.51. The Kier molecular flexibility index (Phi) is 3.31. The average Bonchev–Trinajstić information content (AvgIpc) is 2.95. The summed E-state index contributed by atoms with van der Waals surface area (Å²) in [5.74, 6) is 0.133. The Hall–Kier alpha value is -1.36.